The number of likely N-dealkylation sites (N-methyl/N-ethyl adjacent to an activating group) is 1. The molecule has 2 amide bonds. The summed E-state index contributed by atoms with van der Waals surface area (Å²) in [6.45, 7) is -1.71. The number of aliphatic hydroxyl groups is 20. The third-order valence-electron chi connectivity index (χ3n) is 27.8. The van der Waals surface area contributed by atoms with Gasteiger partial charge in [-0.05, 0) is 95.5 Å². The average Bonchev–Trinajstić information content (AvgIpc) is 1.69. The van der Waals surface area contributed by atoms with Crippen molar-refractivity contribution in [2.45, 2.75) is 370 Å². The Hall–Kier alpha value is -4.63. The first kappa shape index (κ1) is 124. The van der Waals surface area contributed by atoms with Crippen LogP contribution in [-0.4, -0.2) is 538 Å². The average molecular weight is 2140 g/mol. The molecule has 854 valence electrons. The van der Waals surface area contributed by atoms with Gasteiger partial charge in [-0.25, -0.2) is 4.39 Å². The SMILES string of the molecule is CNCC1=CC[C@@H](N)[C@@H](O[C@H]2[C@H](O[C@@H]3O[C@H](CO)[C@@H](O[C@H]4O[C@@H](CN)[C@@H](O)[C@H](O)[C@H]4N)[C@H]3O)[C@@H](O)[C@H](CCC(O)CN)C[C@@H]2N)O1.NCC[C@H](O)C(=O)N[C@@H]1C[C@H](N)[C@@H](O[C@H]2OC(CNCCO)=CC[C@H]2N)[C@H](O[C@@H]2O[C@H](CO)[C@@H](O[C@H]3O[C@@H](CN)[C@@H](O)[C@H](O)[C@H]3N)[C@H]2O)[C@H]1O.NC[C@@H]1O[C@H](O[C@H]2[C@@H](O)[C@H](O[C@@H]3[C@@H](O)[C@H](NC(=O)C(O)[C@@H](F)CN)C[C@H](N)[C@H]3O[C@H]3OC(CNCCO)=CC[C@H]3N)O[C@@H]2CO)[C@H](N)[C@@H](O)[C@@H]1O. The number of aliphatic hydroxyl groups excluding tert-OH is 20. The van der Waals surface area contributed by atoms with Crippen molar-refractivity contribution in [3.05, 3.63) is 35.5 Å². The first-order valence-electron chi connectivity index (χ1n) is 49.5. The van der Waals surface area contributed by atoms with Crippen molar-refractivity contribution >= 4 is 11.8 Å². The predicted molar refractivity (Wildman–Crippen MR) is 500 cm³/mol. The van der Waals surface area contributed by atoms with Crippen LogP contribution in [-0.2, 0) is 94.9 Å². The van der Waals surface area contributed by atoms with Crippen molar-refractivity contribution < 1.29 is 201 Å². The maximum Gasteiger partial charge on any atom is 0.252 e. The zero-order valence-corrected chi connectivity index (χ0v) is 81.6. The molecular formula is C86H163FN20O40. The van der Waals surface area contributed by atoms with Crippen molar-refractivity contribution in [3.63, 3.8) is 0 Å². The molecule has 9 fully saturated rings. The van der Waals surface area contributed by atoms with Gasteiger partial charge in [-0.3, -0.25) is 9.59 Å². The minimum absolute atomic E-state index is 0.0330. The van der Waals surface area contributed by atoms with E-state index in [1.165, 1.54) is 0 Å². The van der Waals surface area contributed by atoms with Crippen molar-refractivity contribution in [2.24, 2.45) is 91.9 Å². The second-order valence-electron chi connectivity index (χ2n) is 38.5. The van der Waals surface area contributed by atoms with E-state index in [0.717, 1.165) is 0 Å². The van der Waals surface area contributed by atoms with E-state index in [9.17, 15) is 106 Å². The number of rotatable bonds is 46. The van der Waals surface area contributed by atoms with Gasteiger partial charge in [0.05, 0.1) is 113 Å². The smallest absolute Gasteiger partial charge is 0.252 e. The number of hydrogen-bond acceptors (Lipinski definition) is 58. The van der Waals surface area contributed by atoms with Crippen LogP contribution in [0.15, 0.2) is 35.5 Å². The summed E-state index contributed by atoms with van der Waals surface area (Å²) in [6.07, 6.45) is -47.4. The predicted octanol–water partition coefficient (Wildman–Crippen LogP) is -22.6. The largest absolute Gasteiger partial charge is 0.467 e. The normalized spacial score (nSPS) is 43.7. The molecule has 2 unspecified atom stereocenters. The van der Waals surface area contributed by atoms with E-state index in [0.29, 0.717) is 75.4 Å². The second-order valence-corrected chi connectivity index (χ2v) is 38.5. The summed E-state index contributed by atoms with van der Waals surface area (Å²) in [5.74, 6) is -0.840. The van der Waals surface area contributed by atoms with Gasteiger partial charge < -0.3 is 300 Å². The van der Waals surface area contributed by atoms with Crippen LogP contribution >= 0.6 is 0 Å². The summed E-state index contributed by atoms with van der Waals surface area (Å²) in [5.41, 5.74) is 89.9. The van der Waals surface area contributed by atoms with Gasteiger partial charge in [0.25, 0.3) is 5.91 Å². The first-order chi connectivity index (χ1) is 70.0. The van der Waals surface area contributed by atoms with Gasteiger partial charge in [-0.2, -0.15) is 0 Å². The van der Waals surface area contributed by atoms with E-state index in [1.54, 1.807) is 19.2 Å². The van der Waals surface area contributed by atoms with Crippen LogP contribution in [0.3, 0.4) is 0 Å². The zero-order valence-electron chi connectivity index (χ0n) is 81.6. The quantitative estimate of drug-likeness (QED) is 0.0252. The van der Waals surface area contributed by atoms with Gasteiger partial charge in [0.1, 0.15) is 188 Å². The molecule has 0 spiro atoms. The van der Waals surface area contributed by atoms with Gasteiger partial charge in [0.15, 0.2) is 43.8 Å². The molecule has 52 atom stereocenters. The van der Waals surface area contributed by atoms with Crippen molar-refractivity contribution in [1.82, 2.24) is 26.6 Å². The third-order valence-corrected chi connectivity index (χ3v) is 27.8. The second kappa shape index (κ2) is 59.0. The molecule has 0 radical (unpaired) electrons. The van der Waals surface area contributed by atoms with Crippen molar-refractivity contribution in [1.29, 1.82) is 0 Å². The molecule has 9 aliphatic heterocycles. The van der Waals surface area contributed by atoms with Gasteiger partial charge in [-0.1, -0.05) is 0 Å². The molecule has 55 N–H and O–H groups in total. The van der Waals surface area contributed by atoms with E-state index in [1.807, 2.05) is 6.08 Å². The number of carbonyl (C=O) groups excluding carboxylic acids is 2. The number of carbonyl (C=O) groups is 2. The Balaban J connectivity index is 0.000000226. The summed E-state index contributed by atoms with van der Waals surface area (Å²) in [5, 5.41) is 223. The molecule has 12 aliphatic rings. The lowest BCUT2D eigenvalue weighted by Gasteiger charge is -2.46. The lowest BCUT2D eigenvalue weighted by Crippen LogP contribution is -2.67. The van der Waals surface area contributed by atoms with Crippen LogP contribution < -0.4 is 113 Å². The number of ether oxygens (including phenoxy) is 18. The highest BCUT2D eigenvalue weighted by Crippen LogP contribution is 2.42. The van der Waals surface area contributed by atoms with Crippen LogP contribution in [0.1, 0.15) is 57.8 Å². The van der Waals surface area contributed by atoms with E-state index < -0.39 is 356 Å². The topological polar surface area (TPSA) is 1060 Å². The lowest BCUT2D eigenvalue weighted by molar-refractivity contribution is -0.283. The fourth-order valence-electron chi connectivity index (χ4n) is 19.1. The molecule has 6 saturated heterocycles. The highest BCUT2D eigenvalue weighted by molar-refractivity contribution is 5.81. The van der Waals surface area contributed by atoms with E-state index >= 15 is 0 Å². The molecule has 0 bridgehead atoms. The van der Waals surface area contributed by atoms with Crippen LogP contribution in [0.4, 0.5) is 4.39 Å². The molecule has 12 rings (SSSR count). The van der Waals surface area contributed by atoms with Gasteiger partial charge >= 0.3 is 0 Å². The maximum atomic E-state index is 14.0. The van der Waals surface area contributed by atoms with Crippen LogP contribution in [0, 0.1) is 5.92 Å². The standard InChI is InChI=1S/C29H54FN7O14.C29H55N7O14.C28H54N6O12/c30-11(6-31)18(40)26(45)37-14-5-13(34)23(49-27-12(33)2-1-10(46-27)8-36-3-4-38)25(19(14)41)51-29-22(44)24(16(9-39)48-29)50-28-17(35)21(43)20(42)15(7-32)47-28;30-4-3-15(39)26(44)36-14-7-13(33)23(48-27-12(32)2-1-11(45-27)9-35-5-6-37)25(19(14)40)50-29-22(43)24(17(10-38)47-29)49-28-18(34)21(42)20(41)16(8-31)46-28;1-34-9-13-4-5-14(31)26(41-13)44-23-15(32)6-11(2-3-12(36)7-29)19(37)25(23)46-28-22(40)24(17(10-35)43-28)45-27-18(33)21(39)20(38)16(8-30)42-27/h1,11-25,27-29,36,38-44H,2-9,31-35H2,(H,37,45);1,12-25,27-29,35,37-43H,2-10,30-34H2,(H,36,44);4,11-12,14-28,34-40H,2-3,5-10,29-33H2,1H3/t11-,12+,13-,14+,15-,16+,17+,18?,19-,20+,21+,22+,23+,24+,25+,27+,28+,29-;12-,13+,14-,15+,16+,17-,18-,19+,20-,21-,22-,23-,24-,25-,27-,28-,29+;11-,12?,14-,15+,16+,17-,18-,19+,20-,21-,22-,23-,24-,25-,26-,27-,28+/m011/s1. The number of nitrogens with two attached hydrogens (primary N) is 15. The summed E-state index contributed by atoms with van der Waals surface area (Å²) in [6, 6.07) is -10.7. The Morgan fingerprint density at radius 3 is 1.01 bits per heavy atom. The summed E-state index contributed by atoms with van der Waals surface area (Å²) < 4.78 is 121. The van der Waals surface area contributed by atoms with Gasteiger partial charge in [-0.15, -0.1) is 0 Å². The van der Waals surface area contributed by atoms with E-state index in [-0.39, 0.29) is 78.3 Å². The number of nitrogens with one attached hydrogen (secondary N) is 5. The monoisotopic (exact) mass is 2140 g/mol. The Morgan fingerprint density at radius 2 is 0.694 bits per heavy atom. The van der Waals surface area contributed by atoms with Crippen LogP contribution in [0.5, 0.6) is 0 Å². The molecule has 9 heterocycles. The van der Waals surface area contributed by atoms with Gasteiger partial charge in [0.2, 0.25) is 24.8 Å². The minimum Gasteiger partial charge on any atom is -0.467 e. The minimum atomic E-state index is -2.15. The molecule has 0 aromatic rings. The molecule has 0 aromatic carbocycles. The molecule has 0 aromatic heterocycles. The Kier molecular flexibility index (Phi) is 49.8. The van der Waals surface area contributed by atoms with Crippen LogP contribution in [0.2, 0.25) is 0 Å². The number of amides is 2. The summed E-state index contributed by atoms with van der Waals surface area (Å²) >= 11 is 0. The summed E-state index contributed by atoms with van der Waals surface area (Å²) in [7, 11) is 1.77. The van der Waals surface area contributed by atoms with Crippen molar-refractivity contribution in [2.75, 3.05) is 112 Å². The van der Waals surface area contributed by atoms with E-state index in [2.05, 4.69) is 26.6 Å². The van der Waals surface area contributed by atoms with E-state index in [4.69, 9.17) is 181 Å². The zero-order chi connectivity index (χ0) is 108. The van der Waals surface area contributed by atoms with Crippen molar-refractivity contribution in [3.8, 4) is 0 Å². The molecule has 147 heavy (non-hydrogen) atoms. The highest BCUT2D eigenvalue weighted by atomic mass is 19.1. The molecule has 61 heteroatoms. The number of hydrogen-bond donors (Lipinski definition) is 40. The fourth-order valence-corrected chi connectivity index (χ4v) is 19.1. The number of alkyl halides is 1. The highest BCUT2D eigenvalue weighted by Gasteiger charge is 2.60. The first-order valence-corrected chi connectivity index (χ1v) is 49.5. The Morgan fingerprint density at radius 1 is 0.374 bits per heavy atom. The number of halogens is 1. The third kappa shape index (κ3) is 31.5. The Labute approximate surface area is 846 Å². The Bertz CT molecular complexity index is 3970. The molecule has 3 saturated carbocycles. The fraction of sp³-hybridized carbons (Fsp3) is 0.907. The lowest BCUT2D eigenvalue weighted by atomic mass is 9.77. The molecule has 60 nitrogen and oxygen atoms in total. The summed E-state index contributed by atoms with van der Waals surface area (Å²) in [4.78, 5) is 25.4. The van der Waals surface area contributed by atoms with Crippen LogP contribution in [0.25, 0.3) is 0 Å². The molecular weight excluding hydrogens is 1970 g/mol. The van der Waals surface area contributed by atoms with Gasteiger partial charge in [0, 0.05) is 63.9 Å². The molecule has 3 aliphatic carbocycles. The maximum absolute atomic E-state index is 14.0.